The third kappa shape index (κ3) is 6.61. The maximum atomic E-state index is 11.7. The van der Waals surface area contributed by atoms with E-state index in [1.165, 1.54) is 16.0 Å². The lowest BCUT2D eigenvalue weighted by atomic mass is 10.4. The van der Waals surface area contributed by atoms with Crippen molar-refractivity contribution < 1.29 is 9.21 Å². The van der Waals surface area contributed by atoms with E-state index in [2.05, 4.69) is 40.0 Å². The Kier molecular flexibility index (Phi) is 8.70. The molecule has 2 rings (SSSR count). The minimum absolute atomic E-state index is 0. The zero-order valence-electron chi connectivity index (χ0n) is 13.1. The Morgan fingerprint density at radius 3 is 2.61 bits per heavy atom. The van der Waals surface area contributed by atoms with Crippen molar-refractivity contribution in [3.05, 3.63) is 46.0 Å². The largest absolute Gasteiger partial charge is 0.459 e. The number of rotatable bonds is 6. The van der Waals surface area contributed by atoms with Crippen molar-refractivity contribution >= 4 is 47.2 Å². The van der Waals surface area contributed by atoms with Gasteiger partial charge in [-0.15, -0.1) is 35.3 Å². The van der Waals surface area contributed by atoms with Gasteiger partial charge in [0.15, 0.2) is 11.7 Å². The molecule has 0 unspecified atom stereocenters. The second-order valence-corrected chi connectivity index (χ2v) is 5.97. The van der Waals surface area contributed by atoms with Gasteiger partial charge in [0.25, 0.3) is 5.91 Å². The van der Waals surface area contributed by atoms with Crippen LogP contribution in [-0.4, -0.2) is 32.0 Å². The van der Waals surface area contributed by atoms with E-state index >= 15 is 0 Å². The first-order valence-electron chi connectivity index (χ1n) is 7.00. The molecule has 0 saturated carbocycles. The van der Waals surface area contributed by atoms with Gasteiger partial charge >= 0.3 is 0 Å². The van der Waals surface area contributed by atoms with Gasteiger partial charge in [-0.3, -0.25) is 9.79 Å². The molecular weight excluding hydrogens is 427 g/mol. The maximum absolute atomic E-state index is 11.7. The smallest absolute Gasteiger partial charge is 0.287 e. The molecular formula is C15H21IN4O2S. The van der Waals surface area contributed by atoms with Crippen LogP contribution in [0, 0.1) is 6.92 Å². The normalized spacial score (nSPS) is 10.8. The van der Waals surface area contributed by atoms with Crippen LogP contribution in [0.5, 0.6) is 0 Å². The van der Waals surface area contributed by atoms with Crippen LogP contribution in [0.1, 0.15) is 20.3 Å². The average molecular weight is 448 g/mol. The Bertz CT molecular complexity index is 625. The summed E-state index contributed by atoms with van der Waals surface area (Å²) in [5.74, 6) is 0.803. The highest BCUT2D eigenvalue weighted by Gasteiger charge is 2.06. The lowest BCUT2D eigenvalue weighted by molar-refractivity contribution is 0.0926. The minimum atomic E-state index is -0.219. The molecule has 0 radical (unpaired) electrons. The number of guanidine groups is 1. The molecule has 6 nitrogen and oxygen atoms in total. The first-order valence-corrected chi connectivity index (χ1v) is 7.82. The second kappa shape index (κ2) is 10.3. The molecule has 23 heavy (non-hydrogen) atoms. The summed E-state index contributed by atoms with van der Waals surface area (Å²) >= 11 is 1.76. The fourth-order valence-corrected chi connectivity index (χ4v) is 2.65. The van der Waals surface area contributed by atoms with Crippen molar-refractivity contribution in [3.63, 3.8) is 0 Å². The van der Waals surface area contributed by atoms with E-state index < -0.39 is 0 Å². The molecule has 126 valence electrons. The molecule has 0 bridgehead atoms. The molecule has 3 N–H and O–H groups in total. The summed E-state index contributed by atoms with van der Waals surface area (Å²) in [4.78, 5) is 18.3. The van der Waals surface area contributed by atoms with Crippen LogP contribution >= 0.6 is 35.3 Å². The predicted molar refractivity (Wildman–Crippen MR) is 104 cm³/mol. The number of thiophene rings is 1. The van der Waals surface area contributed by atoms with Gasteiger partial charge in [-0.25, -0.2) is 0 Å². The van der Waals surface area contributed by atoms with Gasteiger partial charge in [0, 0.05) is 29.9 Å². The number of nitrogens with zero attached hydrogens (tertiary/aromatic N) is 1. The third-order valence-electron chi connectivity index (χ3n) is 2.90. The summed E-state index contributed by atoms with van der Waals surface area (Å²) in [6.07, 6.45) is 1.48. The molecule has 0 saturated heterocycles. The zero-order valence-corrected chi connectivity index (χ0v) is 16.2. The lowest BCUT2D eigenvalue weighted by Gasteiger charge is -2.11. The molecule has 2 aromatic heterocycles. The van der Waals surface area contributed by atoms with E-state index in [-0.39, 0.29) is 29.9 Å². The molecule has 0 aliphatic heterocycles. The molecule has 0 aromatic carbocycles. The third-order valence-corrected chi connectivity index (χ3v) is 3.90. The highest BCUT2D eigenvalue weighted by Crippen LogP contribution is 2.14. The number of halogens is 1. The summed E-state index contributed by atoms with van der Waals surface area (Å²) in [7, 11) is 1.72. The first-order chi connectivity index (χ1) is 10.7. The van der Waals surface area contributed by atoms with Gasteiger partial charge in [-0.1, -0.05) is 0 Å². The second-order valence-electron chi connectivity index (χ2n) is 4.60. The zero-order chi connectivity index (χ0) is 15.8. The summed E-state index contributed by atoms with van der Waals surface area (Å²) in [6, 6.07) is 7.52. The van der Waals surface area contributed by atoms with Gasteiger partial charge < -0.3 is 20.4 Å². The van der Waals surface area contributed by atoms with Crippen molar-refractivity contribution in [2.45, 2.75) is 13.5 Å². The average Bonchev–Trinajstić information content (AvgIpc) is 3.18. The van der Waals surface area contributed by atoms with Crippen LogP contribution in [0.25, 0.3) is 0 Å². The molecule has 0 aliphatic carbocycles. The quantitative estimate of drug-likeness (QED) is 0.275. The van der Waals surface area contributed by atoms with Gasteiger partial charge in [0.1, 0.15) is 0 Å². The number of amides is 1. The molecule has 2 aromatic rings. The SMILES string of the molecule is CN=C(NCCNC(=O)c1ccco1)NCc1ccc(C)s1.I. The summed E-state index contributed by atoms with van der Waals surface area (Å²) in [5.41, 5.74) is 0. The van der Waals surface area contributed by atoms with E-state index in [0.29, 0.717) is 24.8 Å². The van der Waals surface area contributed by atoms with E-state index in [1.807, 2.05) is 0 Å². The van der Waals surface area contributed by atoms with Crippen LogP contribution in [0.3, 0.4) is 0 Å². The topological polar surface area (TPSA) is 78.7 Å². The van der Waals surface area contributed by atoms with Crippen molar-refractivity contribution in [1.82, 2.24) is 16.0 Å². The number of hydrogen-bond donors (Lipinski definition) is 3. The minimum Gasteiger partial charge on any atom is -0.459 e. The number of carbonyl (C=O) groups excluding carboxylic acids is 1. The number of aryl methyl sites for hydroxylation is 1. The molecule has 0 fully saturated rings. The Hall–Kier alpha value is -1.55. The van der Waals surface area contributed by atoms with Crippen LogP contribution < -0.4 is 16.0 Å². The van der Waals surface area contributed by atoms with Crippen molar-refractivity contribution in [3.8, 4) is 0 Å². The van der Waals surface area contributed by atoms with E-state index in [4.69, 9.17) is 4.42 Å². The van der Waals surface area contributed by atoms with Gasteiger partial charge in [-0.05, 0) is 31.2 Å². The Morgan fingerprint density at radius 1 is 1.22 bits per heavy atom. The maximum Gasteiger partial charge on any atom is 0.287 e. The van der Waals surface area contributed by atoms with Gasteiger partial charge in [-0.2, -0.15) is 0 Å². The Morgan fingerprint density at radius 2 is 2.00 bits per heavy atom. The fourth-order valence-electron chi connectivity index (χ4n) is 1.82. The molecule has 1 amide bonds. The Balaban J connectivity index is 0.00000264. The summed E-state index contributed by atoms with van der Waals surface area (Å²) < 4.78 is 5.02. The highest BCUT2D eigenvalue weighted by atomic mass is 127. The lowest BCUT2D eigenvalue weighted by Crippen LogP contribution is -2.41. The fraction of sp³-hybridized carbons (Fsp3) is 0.333. The summed E-state index contributed by atoms with van der Waals surface area (Å²) in [6.45, 7) is 3.88. The van der Waals surface area contributed by atoms with Crippen molar-refractivity contribution in [2.75, 3.05) is 20.1 Å². The van der Waals surface area contributed by atoms with Crippen LogP contribution in [0.2, 0.25) is 0 Å². The molecule has 2 heterocycles. The molecule has 8 heteroatoms. The number of carbonyl (C=O) groups is 1. The van der Waals surface area contributed by atoms with Crippen LogP contribution in [-0.2, 0) is 6.54 Å². The van der Waals surface area contributed by atoms with Crippen molar-refractivity contribution in [2.24, 2.45) is 4.99 Å². The number of hydrogen-bond acceptors (Lipinski definition) is 4. The van der Waals surface area contributed by atoms with E-state index in [0.717, 1.165) is 6.54 Å². The number of nitrogens with one attached hydrogen (secondary N) is 3. The molecule has 0 atom stereocenters. The standard InChI is InChI=1S/C15H20N4O2S.HI/c1-11-5-6-12(22-11)10-19-15(16-2)18-8-7-17-14(20)13-4-3-9-21-13;/h3-6,9H,7-8,10H2,1-2H3,(H,17,20)(H2,16,18,19);1H. The van der Waals surface area contributed by atoms with Crippen LogP contribution in [0.15, 0.2) is 39.9 Å². The summed E-state index contributed by atoms with van der Waals surface area (Å²) in [5, 5.41) is 9.14. The van der Waals surface area contributed by atoms with Gasteiger partial charge in [0.2, 0.25) is 0 Å². The molecule has 0 aliphatic rings. The first kappa shape index (κ1) is 19.5. The monoisotopic (exact) mass is 448 g/mol. The van der Waals surface area contributed by atoms with Crippen LogP contribution in [0.4, 0.5) is 0 Å². The highest BCUT2D eigenvalue weighted by molar-refractivity contribution is 14.0. The van der Waals surface area contributed by atoms with E-state index in [9.17, 15) is 4.79 Å². The van der Waals surface area contributed by atoms with Gasteiger partial charge in [0.05, 0.1) is 12.8 Å². The van der Waals surface area contributed by atoms with Crippen molar-refractivity contribution in [1.29, 1.82) is 0 Å². The predicted octanol–water partition coefficient (Wildman–Crippen LogP) is 2.36. The van der Waals surface area contributed by atoms with E-state index in [1.54, 1.807) is 30.5 Å². The number of aliphatic imine (C=N–C) groups is 1. The number of furan rings is 1. The molecule has 0 spiro atoms. The Labute approximate surface area is 156 Å².